The second-order valence-electron chi connectivity index (χ2n) is 8.01. The summed E-state index contributed by atoms with van der Waals surface area (Å²) in [7, 11) is 0. The first kappa shape index (κ1) is 14.2. The van der Waals surface area contributed by atoms with E-state index in [2.05, 4.69) is 53.7 Å². The van der Waals surface area contributed by atoms with Crippen LogP contribution in [0.2, 0.25) is 0 Å². The molecule has 0 aromatic heterocycles. The summed E-state index contributed by atoms with van der Waals surface area (Å²) in [4.78, 5) is 0. The van der Waals surface area contributed by atoms with Crippen LogP contribution in [0, 0.1) is 11.8 Å². The van der Waals surface area contributed by atoms with Gasteiger partial charge in [0.05, 0.1) is 0 Å². The molecule has 0 saturated carbocycles. The average Bonchev–Trinajstić information content (AvgIpc) is 3.23. The van der Waals surface area contributed by atoms with E-state index in [0.717, 1.165) is 11.8 Å². The molecule has 1 aromatic carbocycles. The zero-order chi connectivity index (χ0) is 14.7. The van der Waals surface area contributed by atoms with Crippen LogP contribution in [-0.4, -0.2) is 0 Å². The van der Waals surface area contributed by atoms with Gasteiger partial charge in [0.1, 0.15) is 0 Å². The fourth-order valence-electron chi connectivity index (χ4n) is 4.51. The van der Waals surface area contributed by atoms with Crippen LogP contribution in [0.1, 0.15) is 89.5 Å². The first-order valence-electron chi connectivity index (χ1n) is 8.57. The molecule has 0 spiro atoms. The lowest BCUT2D eigenvalue weighted by molar-refractivity contribution is 0.432. The Morgan fingerprint density at radius 2 is 1.15 bits per heavy atom. The molecule has 0 aliphatic heterocycles. The summed E-state index contributed by atoms with van der Waals surface area (Å²) in [6, 6.07) is 4.86. The van der Waals surface area contributed by atoms with Gasteiger partial charge in [-0.25, -0.2) is 0 Å². The lowest BCUT2D eigenvalue weighted by Gasteiger charge is -2.18. The Morgan fingerprint density at radius 3 is 1.45 bits per heavy atom. The molecule has 0 fully saturated rings. The van der Waals surface area contributed by atoms with E-state index in [-0.39, 0.29) is 0 Å². The van der Waals surface area contributed by atoms with Crippen molar-refractivity contribution in [1.29, 1.82) is 0 Å². The van der Waals surface area contributed by atoms with E-state index in [0.29, 0.717) is 10.8 Å². The molecule has 2 aliphatic rings. The molecule has 2 aliphatic carbocycles. The highest BCUT2D eigenvalue weighted by molar-refractivity contribution is 5.76. The molecule has 0 radical (unpaired) electrons. The van der Waals surface area contributed by atoms with Crippen LogP contribution in [-0.2, 0) is 10.8 Å². The first-order valence-corrected chi connectivity index (χ1v) is 8.57. The molecule has 0 nitrogen and oxygen atoms in total. The summed E-state index contributed by atoms with van der Waals surface area (Å²) in [5.74, 6) is 1.67. The third-order valence-electron chi connectivity index (χ3n) is 6.28. The van der Waals surface area contributed by atoms with E-state index in [1.54, 1.807) is 22.3 Å². The average molecular weight is 270 g/mol. The van der Waals surface area contributed by atoms with Crippen LogP contribution in [0.5, 0.6) is 0 Å². The molecular weight excluding hydrogens is 240 g/mol. The summed E-state index contributed by atoms with van der Waals surface area (Å²) in [6.45, 7) is 14.4. The van der Waals surface area contributed by atoms with Crippen LogP contribution in [0.3, 0.4) is 0 Å². The van der Waals surface area contributed by atoms with Crippen molar-refractivity contribution in [2.75, 3.05) is 0 Å². The molecule has 4 atom stereocenters. The quantitative estimate of drug-likeness (QED) is 0.613. The van der Waals surface area contributed by atoms with Gasteiger partial charge in [0.15, 0.2) is 0 Å². The minimum absolute atomic E-state index is 0.413. The Labute approximate surface area is 125 Å². The van der Waals surface area contributed by atoms with Gasteiger partial charge in [0, 0.05) is 10.8 Å². The summed E-state index contributed by atoms with van der Waals surface area (Å²) < 4.78 is 0. The highest BCUT2D eigenvalue weighted by Gasteiger charge is 2.59. The molecule has 1 aromatic rings. The number of benzene rings is 1. The van der Waals surface area contributed by atoms with Crippen LogP contribution >= 0.6 is 0 Å². The van der Waals surface area contributed by atoms with Crippen LogP contribution in [0.25, 0.3) is 0 Å². The molecule has 110 valence electrons. The van der Waals surface area contributed by atoms with Crippen LogP contribution in [0.4, 0.5) is 0 Å². The van der Waals surface area contributed by atoms with Gasteiger partial charge in [-0.15, -0.1) is 0 Å². The smallest absolute Gasteiger partial charge is 0.0186 e. The monoisotopic (exact) mass is 270 g/mol. The standard InChI is InChI=1S/C20H30/c1-7-13(3)11-19(5)15-9-10-16-18(17(15)19)20(16,6)12-14(4)8-2/h9-10,13-14H,7-8,11-12H2,1-6H3. The predicted molar refractivity (Wildman–Crippen MR) is 87.5 cm³/mol. The lowest BCUT2D eigenvalue weighted by Crippen LogP contribution is -2.11. The van der Waals surface area contributed by atoms with E-state index in [4.69, 9.17) is 0 Å². The number of fused-ring (bicyclic) bond motifs is 3. The van der Waals surface area contributed by atoms with Gasteiger partial charge in [-0.1, -0.05) is 66.5 Å². The Bertz CT molecular complexity index is 492. The second kappa shape index (κ2) is 4.36. The SMILES string of the molecule is CCC(C)CC1(C)c2ccc3c(c21)C3(C)CC(C)CC. The maximum absolute atomic E-state index is 2.48. The molecule has 0 bridgehead atoms. The van der Waals surface area contributed by atoms with E-state index >= 15 is 0 Å². The van der Waals surface area contributed by atoms with Gasteiger partial charge < -0.3 is 0 Å². The molecule has 0 heterocycles. The van der Waals surface area contributed by atoms with Crippen molar-refractivity contribution in [3.8, 4) is 0 Å². The zero-order valence-electron chi connectivity index (χ0n) is 14.1. The third-order valence-corrected chi connectivity index (χ3v) is 6.28. The molecule has 0 amide bonds. The van der Waals surface area contributed by atoms with Crippen LogP contribution in [0.15, 0.2) is 12.1 Å². The molecule has 0 heteroatoms. The largest absolute Gasteiger partial charge is 0.0651 e. The second-order valence-corrected chi connectivity index (χ2v) is 8.01. The molecule has 0 N–H and O–H groups in total. The first-order chi connectivity index (χ1) is 9.38. The van der Waals surface area contributed by atoms with Gasteiger partial charge >= 0.3 is 0 Å². The molecule has 0 saturated heterocycles. The minimum Gasteiger partial charge on any atom is -0.0651 e. The lowest BCUT2D eigenvalue weighted by atomic mass is 9.86. The molecule has 3 rings (SSSR count). The Kier molecular flexibility index (Phi) is 3.09. The van der Waals surface area contributed by atoms with Gasteiger partial charge in [-0.3, -0.25) is 0 Å². The zero-order valence-corrected chi connectivity index (χ0v) is 14.1. The normalized spacial score (nSPS) is 32.3. The van der Waals surface area contributed by atoms with Crippen molar-refractivity contribution >= 4 is 0 Å². The van der Waals surface area contributed by atoms with Crippen molar-refractivity contribution in [3.05, 3.63) is 34.4 Å². The summed E-state index contributed by atoms with van der Waals surface area (Å²) in [6.07, 6.45) is 5.29. The van der Waals surface area contributed by atoms with Gasteiger partial charge in [0.2, 0.25) is 0 Å². The maximum atomic E-state index is 2.48. The molecular formula is C20H30. The summed E-state index contributed by atoms with van der Waals surface area (Å²) in [5, 5.41) is 0. The number of hydrogen-bond acceptors (Lipinski definition) is 0. The van der Waals surface area contributed by atoms with Crippen molar-refractivity contribution in [3.63, 3.8) is 0 Å². The van der Waals surface area contributed by atoms with Crippen LogP contribution < -0.4 is 0 Å². The third kappa shape index (κ3) is 1.80. The summed E-state index contributed by atoms with van der Waals surface area (Å²) >= 11 is 0. The van der Waals surface area contributed by atoms with Gasteiger partial charge in [-0.05, 0) is 46.9 Å². The Morgan fingerprint density at radius 1 is 0.800 bits per heavy atom. The molecule has 4 unspecified atom stereocenters. The Balaban J connectivity index is 1.83. The summed E-state index contributed by atoms with van der Waals surface area (Å²) in [5.41, 5.74) is 7.61. The number of rotatable bonds is 6. The van der Waals surface area contributed by atoms with Gasteiger partial charge in [-0.2, -0.15) is 0 Å². The fourth-order valence-corrected chi connectivity index (χ4v) is 4.51. The predicted octanol–water partition coefficient (Wildman–Crippen LogP) is 5.80. The van der Waals surface area contributed by atoms with Crippen molar-refractivity contribution in [2.45, 2.75) is 78.1 Å². The van der Waals surface area contributed by atoms with E-state index in [1.165, 1.54) is 25.7 Å². The Hall–Kier alpha value is -0.780. The number of hydrogen-bond donors (Lipinski definition) is 0. The van der Waals surface area contributed by atoms with Crippen molar-refractivity contribution in [2.24, 2.45) is 11.8 Å². The van der Waals surface area contributed by atoms with Crippen molar-refractivity contribution in [1.82, 2.24) is 0 Å². The van der Waals surface area contributed by atoms with Crippen molar-refractivity contribution < 1.29 is 0 Å². The minimum atomic E-state index is 0.413. The van der Waals surface area contributed by atoms with E-state index in [1.807, 2.05) is 0 Å². The fraction of sp³-hybridized carbons (Fsp3) is 0.700. The topological polar surface area (TPSA) is 0 Å². The van der Waals surface area contributed by atoms with E-state index in [9.17, 15) is 0 Å². The highest BCUT2D eigenvalue weighted by atomic mass is 14.6. The molecule has 20 heavy (non-hydrogen) atoms. The highest BCUT2D eigenvalue weighted by Crippen LogP contribution is 2.67. The maximum Gasteiger partial charge on any atom is 0.0186 e. The van der Waals surface area contributed by atoms with E-state index < -0.39 is 0 Å². The van der Waals surface area contributed by atoms with Gasteiger partial charge in [0.25, 0.3) is 0 Å².